The molecule has 0 aliphatic rings. The Balaban J connectivity index is 2.00. The summed E-state index contributed by atoms with van der Waals surface area (Å²) >= 11 is 0. The summed E-state index contributed by atoms with van der Waals surface area (Å²) in [6.45, 7) is 4.40. The predicted molar refractivity (Wildman–Crippen MR) is 103 cm³/mol. The minimum atomic E-state index is -3.48. The third-order valence-electron chi connectivity index (χ3n) is 4.30. The monoisotopic (exact) mass is 371 g/mol. The quantitative estimate of drug-likeness (QED) is 0.624. The molecular weight excluding hydrogens is 350 g/mol. The van der Waals surface area contributed by atoms with Gasteiger partial charge in [-0.05, 0) is 37.6 Å². The van der Waals surface area contributed by atoms with Crippen LogP contribution in [0.5, 0.6) is 0 Å². The van der Waals surface area contributed by atoms with Crippen molar-refractivity contribution in [2.45, 2.75) is 26.9 Å². The molecule has 0 spiro atoms. The fraction of sp³-hybridized carbons (Fsp3) is 0.263. The Morgan fingerprint density at radius 3 is 2.42 bits per heavy atom. The number of ketones is 1. The van der Waals surface area contributed by atoms with Crippen molar-refractivity contribution in [3.63, 3.8) is 0 Å². The number of fused-ring (bicyclic) bond motifs is 1. The lowest BCUT2D eigenvalue weighted by Crippen LogP contribution is -2.29. The molecule has 3 aromatic rings. The molecule has 2 aromatic carbocycles. The van der Waals surface area contributed by atoms with Gasteiger partial charge in [0.25, 0.3) is 0 Å². The number of sulfonamides is 1. The van der Waals surface area contributed by atoms with Gasteiger partial charge in [-0.15, -0.1) is 0 Å². The van der Waals surface area contributed by atoms with Crippen molar-refractivity contribution in [2.24, 2.45) is 0 Å². The van der Waals surface area contributed by atoms with E-state index in [-0.39, 0.29) is 12.3 Å². The van der Waals surface area contributed by atoms with Crippen LogP contribution in [0.2, 0.25) is 0 Å². The first-order valence-electron chi connectivity index (χ1n) is 8.32. The van der Waals surface area contributed by atoms with Crippen LogP contribution in [-0.2, 0) is 23.1 Å². The zero-order valence-corrected chi connectivity index (χ0v) is 15.8. The summed E-state index contributed by atoms with van der Waals surface area (Å²) in [7, 11) is -3.48. The number of hydrogen-bond donors (Lipinski definition) is 0. The summed E-state index contributed by atoms with van der Waals surface area (Å²) in [6.07, 6.45) is 2.96. The summed E-state index contributed by atoms with van der Waals surface area (Å²) in [5.74, 6) is -0.0187. The van der Waals surface area contributed by atoms with Gasteiger partial charge in [0.1, 0.15) is 0 Å². The van der Waals surface area contributed by atoms with Crippen LogP contribution in [0.1, 0.15) is 29.8 Å². The lowest BCUT2D eigenvalue weighted by molar-refractivity contribution is 0.101. The van der Waals surface area contributed by atoms with E-state index in [2.05, 4.69) is 5.10 Å². The second-order valence-corrected chi connectivity index (χ2v) is 8.13. The second-order valence-electron chi connectivity index (χ2n) is 6.23. The van der Waals surface area contributed by atoms with Gasteiger partial charge in [0.2, 0.25) is 10.0 Å². The average molecular weight is 371 g/mol. The number of Topliss-reactive ketones (excluding diaryl/α,β-unsaturated/α-hetero) is 1. The molecule has 0 fully saturated rings. The number of aryl methyl sites for hydroxylation is 1. The van der Waals surface area contributed by atoms with E-state index in [0.29, 0.717) is 17.8 Å². The number of nitrogens with zero attached hydrogens (tertiary/aromatic N) is 3. The molecule has 0 radical (unpaired) electrons. The van der Waals surface area contributed by atoms with Crippen LogP contribution in [-0.4, -0.2) is 30.2 Å². The number of hydrogen-bond acceptors (Lipinski definition) is 4. The van der Waals surface area contributed by atoms with Gasteiger partial charge in [0.15, 0.2) is 5.78 Å². The summed E-state index contributed by atoms with van der Waals surface area (Å²) in [6, 6.07) is 12.5. The molecular formula is C19H21N3O3S. The molecule has 6 nitrogen and oxygen atoms in total. The largest absolute Gasteiger partial charge is 0.295 e. The van der Waals surface area contributed by atoms with Gasteiger partial charge < -0.3 is 0 Å². The normalized spacial score (nSPS) is 11.7. The van der Waals surface area contributed by atoms with Gasteiger partial charge in [-0.1, -0.05) is 24.3 Å². The van der Waals surface area contributed by atoms with Gasteiger partial charge in [0, 0.05) is 17.5 Å². The van der Waals surface area contributed by atoms with Gasteiger partial charge >= 0.3 is 0 Å². The van der Waals surface area contributed by atoms with Crippen molar-refractivity contribution in [2.75, 3.05) is 10.6 Å². The predicted octanol–water partition coefficient (Wildman–Crippen LogP) is 3.23. The van der Waals surface area contributed by atoms with E-state index in [1.165, 1.54) is 17.5 Å². The van der Waals surface area contributed by atoms with E-state index in [0.717, 1.165) is 16.5 Å². The van der Waals surface area contributed by atoms with Crippen molar-refractivity contribution in [3.05, 3.63) is 59.8 Å². The van der Waals surface area contributed by atoms with Crippen LogP contribution in [0, 0.1) is 0 Å². The minimum Gasteiger partial charge on any atom is -0.295 e. The van der Waals surface area contributed by atoms with Crippen LogP contribution in [0.15, 0.2) is 48.7 Å². The zero-order valence-electron chi connectivity index (χ0n) is 15.0. The van der Waals surface area contributed by atoms with Gasteiger partial charge in [-0.25, -0.2) is 8.42 Å². The number of carbonyl (C=O) groups is 1. The number of rotatable bonds is 6. The lowest BCUT2D eigenvalue weighted by Gasteiger charge is -2.23. The maximum atomic E-state index is 12.4. The fourth-order valence-corrected chi connectivity index (χ4v) is 3.76. The van der Waals surface area contributed by atoms with Crippen molar-refractivity contribution < 1.29 is 13.2 Å². The molecule has 7 heteroatoms. The Kier molecular flexibility index (Phi) is 4.82. The molecule has 1 aromatic heterocycles. The molecule has 3 rings (SSSR count). The molecule has 0 saturated heterocycles. The summed E-state index contributed by atoms with van der Waals surface area (Å²) in [5.41, 5.74) is 2.90. The Morgan fingerprint density at radius 2 is 1.85 bits per heavy atom. The van der Waals surface area contributed by atoms with E-state index >= 15 is 0 Å². The molecule has 0 N–H and O–H groups in total. The van der Waals surface area contributed by atoms with E-state index in [1.807, 2.05) is 23.7 Å². The van der Waals surface area contributed by atoms with Crippen LogP contribution < -0.4 is 4.31 Å². The highest BCUT2D eigenvalue weighted by Gasteiger charge is 2.19. The highest BCUT2D eigenvalue weighted by molar-refractivity contribution is 7.92. The van der Waals surface area contributed by atoms with E-state index in [1.54, 1.807) is 36.5 Å². The van der Waals surface area contributed by atoms with E-state index < -0.39 is 10.0 Å². The van der Waals surface area contributed by atoms with Crippen LogP contribution in [0.4, 0.5) is 5.69 Å². The fourth-order valence-electron chi connectivity index (χ4n) is 2.88. The van der Waals surface area contributed by atoms with E-state index in [4.69, 9.17) is 0 Å². The third-order valence-corrected chi connectivity index (χ3v) is 5.44. The second kappa shape index (κ2) is 6.92. The summed E-state index contributed by atoms with van der Waals surface area (Å²) in [5, 5.41) is 5.27. The van der Waals surface area contributed by atoms with Crippen molar-refractivity contribution in [3.8, 4) is 0 Å². The maximum Gasteiger partial charge on any atom is 0.232 e. The molecule has 0 amide bonds. The SMILES string of the molecule is CCn1ncc2ccc(N(Cc3ccc(C(C)=O)cc3)S(C)(=O)=O)cc21. The highest BCUT2D eigenvalue weighted by atomic mass is 32.2. The van der Waals surface area contributed by atoms with Gasteiger partial charge in [0.05, 0.1) is 30.2 Å². The molecule has 26 heavy (non-hydrogen) atoms. The van der Waals surface area contributed by atoms with Gasteiger partial charge in [-0.3, -0.25) is 13.8 Å². The lowest BCUT2D eigenvalue weighted by atomic mass is 10.1. The Morgan fingerprint density at radius 1 is 1.15 bits per heavy atom. The first kappa shape index (κ1) is 18.1. The zero-order chi connectivity index (χ0) is 18.9. The standard InChI is InChI=1S/C19H21N3O3S/c1-4-21-19-11-18(10-9-17(19)12-20-21)22(26(3,24)25)13-15-5-7-16(8-6-15)14(2)23/h5-12H,4,13H2,1-3H3. The Hall–Kier alpha value is -2.67. The number of aromatic nitrogens is 2. The molecule has 0 bridgehead atoms. The molecule has 1 heterocycles. The average Bonchev–Trinajstić information content (AvgIpc) is 3.01. The molecule has 136 valence electrons. The summed E-state index contributed by atoms with van der Waals surface area (Å²) < 4.78 is 28.0. The molecule has 0 aliphatic heterocycles. The van der Waals surface area contributed by atoms with Crippen LogP contribution in [0.25, 0.3) is 10.9 Å². The number of benzene rings is 2. The first-order valence-corrected chi connectivity index (χ1v) is 10.2. The van der Waals surface area contributed by atoms with E-state index in [9.17, 15) is 13.2 Å². The van der Waals surface area contributed by atoms with Crippen LogP contribution >= 0.6 is 0 Å². The highest BCUT2D eigenvalue weighted by Crippen LogP contribution is 2.25. The van der Waals surface area contributed by atoms with Crippen LogP contribution in [0.3, 0.4) is 0 Å². The smallest absolute Gasteiger partial charge is 0.232 e. The van der Waals surface area contributed by atoms with Crippen molar-refractivity contribution >= 4 is 32.4 Å². The molecule has 0 atom stereocenters. The molecule has 0 aliphatic carbocycles. The molecule has 0 unspecified atom stereocenters. The first-order chi connectivity index (χ1) is 12.3. The van der Waals surface area contributed by atoms with Gasteiger partial charge in [-0.2, -0.15) is 5.10 Å². The Labute approximate surface area is 153 Å². The number of anilines is 1. The Bertz CT molecular complexity index is 1050. The van der Waals surface area contributed by atoms with Crippen molar-refractivity contribution in [1.82, 2.24) is 9.78 Å². The molecule has 0 saturated carbocycles. The maximum absolute atomic E-state index is 12.4. The minimum absolute atomic E-state index is 0.0187. The third kappa shape index (κ3) is 3.62. The topological polar surface area (TPSA) is 72.3 Å². The summed E-state index contributed by atoms with van der Waals surface area (Å²) in [4.78, 5) is 11.4. The van der Waals surface area contributed by atoms with Crippen molar-refractivity contribution in [1.29, 1.82) is 0 Å². The number of carbonyl (C=O) groups excluding carboxylic acids is 1.